The van der Waals surface area contributed by atoms with E-state index >= 15 is 0 Å². The average molecular weight is 343 g/mol. The standard InChI is InChI=1S/C18H21N3O2S/c1-20-11-10-15(17(20)23)24-18-19-14-9-5-4-8-13(14)16(22)21(18)12-6-2-3-7-12/h4-5,8-9,12,15H,2-3,6-7,10-11H2,1H3. The topological polar surface area (TPSA) is 55.2 Å². The second-order valence-corrected chi connectivity index (χ2v) is 7.85. The summed E-state index contributed by atoms with van der Waals surface area (Å²) in [5.74, 6) is 0.139. The molecular formula is C18H21N3O2S. The van der Waals surface area contributed by atoms with E-state index in [0.717, 1.165) is 44.2 Å². The highest BCUT2D eigenvalue weighted by Gasteiger charge is 2.32. The molecule has 0 spiro atoms. The highest BCUT2D eigenvalue weighted by molar-refractivity contribution is 8.00. The summed E-state index contributed by atoms with van der Waals surface area (Å²) in [7, 11) is 1.83. The number of amides is 1. The lowest BCUT2D eigenvalue weighted by molar-refractivity contribution is -0.126. The molecule has 1 aromatic heterocycles. The lowest BCUT2D eigenvalue weighted by Gasteiger charge is -2.20. The number of benzene rings is 1. The van der Waals surface area contributed by atoms with Crippen molar-refractivity contribution < 1.29 is 4.79 Å². The minimum atomic E-state index is -0.129. The van der Waals surface area contributed by atoms with Gasteiger partial charge in [0, 0.05) is 19.6 Å². The van der Waals surface area contributed by atoms with E-state index in [1.807, 2.05) is 35.9 Å². The summed E-state index contributed by atoms with van der Waals surface area (Å²) in [6.45, 7) is 0.776. The molecular weight excluding hydrogens is 322 g/mol. The summed E-state index contributed by atoms with van der Waals surface area (Å²) in [5, 5.41) is 1.25. The Bertz CT molecular complexity index is 842. The van der Waals surface area contributed by atoms with E-state index in [1.165, 1.54) is 11.8 Å². The zero-order valence-corrected chi connectivity index (χ0v) is 14.6. The first-order chi connectivity index (χ1) is 11.6. The van der Waals surface area contributed by atoms with Gasteiger partial charge in [0.05, 0.1) is 16.2 Å². The van der Waals surface area contributed by atoms with Gasteiger partial charge in [-0.1, -0.05) is 36.7 Å². The van der Waals surface area contributed by atoms with Gasteiger partial charge in [0.15, 0.2) is 5.16 Å². The fraction of sp³-hybridized carbons (Fsp3) is 0.500. The Kier molecular flexibility index (Phi) is 4.08. The number of para-hydroxylation sites is 1. The molecule has 1 unspecified atom stereocenters. The number of carbonyl (C=O) groups is 1. The average Bonchev–Trinajstić information content (AvgIpc) is 3.21. The minimum absolute atomic E-state index is 0.0359. The first-order valence-corrected chi connectivity index (χ1v) is 9.46. The maximum Gasteiger partial charge on any atom is 0.262 e. The van der Waals surface area contributed by atoms with Gasteiger partial charge in [-0.3, -0.25) is 14.2 Å². The normalized spacial score (nSPS) is 22.0. The number of hydrogen-bond acceptors (Lipinski definition) is 4. The van der Waals surface area contributed by atoms with Crippen LogP contribution in [-0.2, 0) is 4.79 Å². The van der Waals surface area contributed by atoms with Crippen molar-refractivity contribution in [1.29, 1.82) is 0 Å². The van der Waals surface area contributed by atoms with Crippen LogP contribution < -0.4 is 5.56 Å². The number of fused-ring (bicyclic) bond motifs is 1. The SMILES string of the molecule is CN1CCC(Sc2nc3ccccc3c(=O)n2C2CCCC2)C1=O. The Morgan fingerprint density at radius 2 is 1.88 bits per heavy atom. The second kappa shape index (κ2) is 6.24. The zero-order chi connectivity index (χ0) is 16.7. The van der Waals surface area contributed by atoms with Gasteiger partial charge in [0.2, 0.25) is 5.91 Å². The molecule has 0 bridgehead atoms. The fourth-order valence-electron chi connectivity index (χ4n) is 3.72. The van der Waals surface area contributed by atoms with E-state index in [0.29, 0.717) is 10.5 Å². The zero-order valence-electron chi connectivity index (χ0n) is 13.8. The highest BCUT2D eigenvalue weighted by Crippen LogP contribution is 2.35. The molecule has 5 nitrogen and oxygen atoms in total. The first-order valence-electron chi connectivity index (χ1n) is 8.58. The molecule has 2 fully saturated rings. The van der Waals surface area contributed by atoms with Crippen LogP contribution >= 0.6 is 11.8 Å². The van der Waals surface area contributed by atoms with E-state index in [-0.39, 0.29) is 22.8 Å². The van der Waals surface area contributed by atoms with Crippen LogP contribution in [0.25, 0.3) is 10.9 Å². The number of thioether (sulfide) groups is 1. The largest absolute Gasteiger partial charge is 0.345 e. The third kappa shape index (κ3) is 2.62. The Hall–Kier alpha value is -1.82. The number of likely N-dealkylation sites (tertiary alicyclic amines) is 1. The molecule has 1 saturated carbocycles. The molecule has 1 aliphatic heterocycles. The Morgan fingerprint density at radius 3 is 2.58 bits per heavy atom. The van der Waals surface area contributed by atoms with Crippen molar-refractivity contribution in [2.45, 2.75) is 48.6 Å². The Balaban J connectivity index is 1.81. The number of rotatable bonds is 3. The maximum atomic E-state index is 13.1. The predicted molar refractivity (Wildman–Crippen MR) is 95.4 cm³/mol. The fourth-order valence-corrected chi connectivity index (χ4v) is 4.98. The predicted octanol–water partition coefficient (Wildman–Crippen LogP) is 2.83. The summed E-state index contributed by atoms with van der Waals surface area (Å²) in [4.78, 5) is 31.9. The monoisotopic (exact) mass is 343 g/mol. The van der Waals surface area contributed by atoms with Crippen molar-refractivity contribution in [3.05, 3.63) is 34.6 Å². The van der Waals surface area contributed by atoms with Crippen LogP contribution in [0.4, 0.5) is 0 Å². The lowest BCUT2D eigenvalue weighted by atomic mass is 10.2. The molecule has 0 N–H and O–H groups in total. The van der Waals surface area contributed by atoms with Crippen LogP contribution in [0.5, 0.6) is 0 Å². The number of hydrogen-bond donors (Lipinski definition) is 0. The van der Waals surface area contributed by atoms with Gasteiger partial charge in [-0.2, -0.15) is 0 Å². The smallest absolute Gasteiger partial charge is 0.262 e. The van der Waals surface area contributed by atoms with Gasteiger partial charge in [-0.15, -0.1) is 0 Å². The third-order valence-electron chi connectivity index (χ3n) is 5.09. The van der Waals surface area contributed by atoms with E-state index in [4.69, 9.17) is 4.98 Å². The Labute approximate surface area is 145 Å². The van der Waals surface area contributed by atoms with Crippen molar-refractivity contribution in [3.63, 3.8) is 0 Å². The molecule has 24 heavy (non-hydrogen) atoms. The van der Waals surface area contributed by atoms with Crippen molar-refractivity contribution >= 4 is 28.6 Å². The molecule has 1 aromatic carbocycles. The maximum absolute atomic E-state index is 13.1. The van der Waals surface area contributed by atoms with E-state index < -0.39 is 0 Å². The van der Waals surface area contributed by atoms with Crippen molar-refractivity contribution in [1.82, 2.24) is 14.5 Å². The van der Waals surface area contributed by atoms with Gasteiger partial charge < -0.3 is 4.90 Å². The summed E-state index contributed by atoms with van der Waals surface area (Å²) in [6, 6.07) is 7.72. The van der Waals surface area contributed by atoms with Crippen LogP contribution in [0, 0.1) is 0 Å². The third-order valence-corrected chi connectivity index (χ3v) is 6.31. The van der Waals surface area contributed by atoms with E-state index in [9.17, 15) is 9.59 Å². The summed E-state index contributed by atoms with van der Waals surface area (Å²) < 4.78 is 1.87. The molecule has 1 saturated heterocycles. The number of nitrogens with zero attached hydrogens (tertiary/aromatic N) is 3. The van der Waals surface area contributed by atoms with E-state index in [2.05, 4.69) is 0 Å². The first kappa shape index (κ1) is 15.7. The van der Waals surface area contributed by atoms with Crippen molar-refractivity contribution in [3.8, 4) is 0 Å². The van der Waals surface area contributed by atoms with Gasteiger partial charge in [0.1, 0.15) is 0 Å². The lowest BCUT2D eigenvalue weighted by Crippen LogP contribution is -2.28. The molecule has 1 amide bonds. The number of carbonyl (C=O) groups excluding carboxylic acids is 1. The molecule has 2 aliphatic rings. The number of aromatic nitrogens is 2. The van der Waals surface area contributed by atoms with Crippen molar-refractivity contribution in [2.24, 2.45) is 0 Å². The molecule has 2 heterocycles. The van der Waals surface area contributed by atoms with Crippen molar-refractivity contribution in [2.75, 3.05) is 13.6 Å². The van der Waals surface area contributed by atoms with Crippen LogP contribution in [0.2, 0.25) is 0 Å². The van der Waals surface area contributed by atoms with Crippen LogP contribution in [-0.4, -0.2) is 39.2 Å². The van der Waals surface area contributed by atoms with Gasteiger partial charge in [-0.25, -0.2) is 4.98 Å². The van der Waals surface area contributed by atoms with Crippen LogP contribution in [0.1, 0.15) is 38.1 Å². The van der Waals surface area contributed by atoms with Gasteiger partial charge in [0.25, 0.3) is 5.56 Å². The van der Waals surface area contributed by atoms with E-state index in [1.54, 1.807) is 4.90 Å². The summed E-state index contributed by atoms with van der Waals surface area (Å²) in [5.41, 5.74) is 0.756. The summed E-state index contributed by atoms with van der Waals surface area (Å²) in [6.07, 6.45) is 5.16. The van der Waals surface area contributed by atoms with Crippen LogP contribution in [0.15, 0.2) is 34.2 Å². The molecule has 126 valence electrons. The van der Waals surface area contributed by atoms with Crippen LogP contribution in [0.3, 0.4) is 0 Å². The molecule has 1 atom stereocenters. The molecule has 0 radical (unpaired) electrons. The quantitative estimate of drug-likeness (QED) is 0.804. The highest BCUT2D eigenvalue weighted by atomic mass is 32.2. The second-order valence-electron chi connectivity index (χ2n) is 6.68. The van der Waals surface area contributed by atoms with Gasteiger partial charge >= 0.3 is 0 Å². The molecule has 1 aliphatic carbocycles. The molecule has 2 aromatic rings. The molecule has 4 rings (SSSR count). The van der Waals surface area contributed by atoms with Gasteiger partial charge in [-0.05, 0) is 31.4 Å². The Morgan fingerprint density at radius 1 is 1.12 bits per heavy atom. The minimum Gasteiger partial charge on any atom is -0.345 e. The molecule has 6 heteroatoms. The summed E-state index contributed by atoms with van der Waals surface area (Å²) >= 11 is 1.47.